The summed E-state index contributed by atoms with van der Waals surface area (Å²) in [4.78, 5) is 15.1. The minimum absolute atomic E-state index is 0.191. The summed E-state index contributed by atoms with van der Waals surface area (Å²) >= 11 is 0. The number of nitrogens with one attached hydrogen (secondary N) is 1. The smallest absolute Gasteiger partial charge is 0.290 e. The number of piperazine rings is 1. The Balaban J connectivity index is 0.000000730. The molecular weight excluding hydrogens is 416 g/mol. The molecule has 0 spiro atoms. The van der Waals surface area contributed by atoms with Gasteiger partial charge in [0.15, 0.2) is 0 Å². The molecule has 0 aliphatic carbocycles. The van der Waals surface area contributed by atoms with Crippen molar-refractivity contribution in [2.45, 2.75) is 4.90 Å². The molecule has 0 bridgehead atoms. The molecule has 2 aromatic heterocycles. The molecule has 8 nitrogen and oxygen atoms in total. The number of anilines is 1. The zero-order chi connectivity index (χ0) is 21.8. The highest BCUT2D eigenvalue weighted by molar-refractivity contribution is 7.90. The first kappa shape index (κ1) is 20.8. The van der Waals surface area contributed by atoms with Crippen molar-refractivity contribution < 1.29 is 18.3 Å². The van der Waals surface area contributed by atoms with E-state index in [-0.39, 0.29) is 11.4 Å². The van der Waals surface area contributed by atoms with Crippen LogP contribution in [0.4, 0.5) is 5.69 Å². The topological polar surface area (TPSA) is 105 Å². The average Bonchev–Trinajstić information content (AvgIpc) is 3.24. The van der Waals surface area contributed by atoms with E-state index < -0.39 is 10.0 Å². The van der Waals surface area contributed by atoms with Crippen molar-refractivity contribution in [3.8, 4) is 0 Å². The molecule has 2 aromatic carbocycles. The summed E-state index contributed by atoms with van der Waals surface area (Å²) in [5.41, 5.74) is 2.50. The predicted octanol–water partition coefficient (Wildman–Crippen LogP) is 2.54. The van der Waals surface area contributed by atoms with Crippen molar-refractivity contribution in [2.75, 3.05) is 31.1 Å². The standard InChI is InChI=1S/C21H20N4O2S.CH2O2/c26-28(27,19-13-17-3-1-2-4-20(17)23-15-19)25-10-7-16-5-6-18(14-21(16)25)24-11-8-22-9-12-24;2-1-3/h1-7,10,13-15,22H,8-9,11-12H2;1H,(H,2,3). The third-order valence-electron chi connectivity index (χ3n) is 5.25. The van der Waals surface area contributed by atoms with E-state index in [1.807, 2.05) is 42.5 Å². The number of hydrogen-bond acceptors (Lipinski definition) is 6. The maximum Gasteiger partial charge on any atom is 0.290 e. The molecule has 0 unspecified atom stereocenters. The molecule has 4 aromatic rings. The fourth-order valence-electron chi connectivity index (χ4n) is 3.73. The van der Waals surface area contributed by atoms with Gasteiger partial charge >= 0.3 is 0 Å². The molecule has 3 heterocycles. The number of hydrogen-bond donors (Lipinski definition) is 2. The predicted molar refractivity (Wildman–Crippen MR) is 120 cm³/mol. The van der Waals surface area contributed by atoms with Crippen molar-refractivity contribution in [1.82, 2.24) is 14.3 Å². The van der Waals surface area contributed by atoms with Gasteiger partial charge in [-0.1, -0.05) is 24.3 Å². The third-order valence-corrected chi connectivity index (χ3v) is 6.90. The van der Waals surface area contributed by atoms with Gasteiger partial charge in [-0.05, 0) is 30.3 Å². The molecule has 31 heavy (non-hydrogen) atoms. The minimum Gasteiger partial charge on any atom is -0.483 e. The van der Waals surface area contributed by atoms with E-state index >= 15 is 0 Å². The van der Waals surface area contributed by atoms with Crippen molar-refractivity contribution in [2.24, 2.45) is 0 Å². The summed E-state index contributed by atoms with van der Waals surface area (Å²) in [6.07, 6.45) is 3.06. The van der Waals surface area contributed by atoms with Crippen molar-refractivity contribution in [3.63, 3.8) is 0 Å². The summed E-state index contributed by atoms with van der Waals surface area (Å²) in [6, 6.07) is 17.0. The van der Waals surface area contributed by atoms with Crippen molar-refractivity contribution in [1.29, 1.82) is 0 Å². The number of rotatable bonds is 3. The molecule has 1 saturated heterocycles. The van der Waals surface area contributed by atoms with Crippen LogP contribution in [0.25, 0.3) is 21.8 Å². The molecule has 1 fully saturated rings. The van der Waals surface area contributed by atoms with Gasteiger partial charge in [-0.2, -0.15) is 0 Å². The van der Waals surface area contributed by atoms with E-state index in [9.17, 15) is 8.42 Å². The summed E-state index contributed by atoms with van der Waals surface area (Å²) in [5, 5.41) is 11.9. The lowest BCUT2D eigenvalue weighted by molar-refractivity contribution is -0.122. The number of carbonyl (C=O) groups is 1. The number of benzene rings is 2. The number of nitrogens with zero attached hydrogens (tertiary/aromatic N) is 3. The van der Waals surface area contributed by atoms with Crippen LogP contribution in [-0.4, -0.2) is 55.1 Å². The van der Waals surface area contributed by atoms with Gasteiger partial charge in [0.25, 0.3) is 16.5 Å². The average molecular weight is 439 g/mol. The fraction of sp³-hybridized carbons (Fsp3) is 0.182. The maximum absolute atomic E-state index is 13.3. The van der Waals surface area contributed by atoms with Gasteiger partial charge in [0, 0.05) is 55.0 Å². The second-order valence-corrected chi connectivity index (χ2v) is 8.88. The van der Waals surface area contributed by atoms with E-state index in [0.717, 1.165) is 48.2 Å². The second kappa shape index (κ2) is 8.75. The van der Waals surface area contributed by atoms with Crippen LogP contribution in [-0.2, 0) is 14.8 Å². The Morgan fingerprint density at radius 3 is 2.52 bits per heavy atom. The Kier molecular flexibility index (Phi) is 5.88. The molecule has 5 rings (SSSR count). The Hall–Kier alpha value is -3.43. The normalized spacial score (nSPS) is 14.3. The van der Waals surface area contributed by atoms with E-state index in [1.165, 1.54) is 10.2 Å². The van der Waals surface area contributed by atoms with E-state index in [2.05, 4.69) is 21.3 Å². The van der Waals surface area contributed by atoms with Crippen LogP contribution in [0.2, 0.25) is 0 Å². The molecule has 0 amide bonds. The summed E-state index contributed by atoms with van der Waals surface area (Å²) in [7, 11) is -3.74. The van der Waals surface area contributed by atoms with Gasteiger partial charge in [0.2, 0.25) is 0 Å². The number of fused-ring (bicyclic) bond motifs is 2. The van der Waals surface area contributed by atoms with Crippen LogP contribution < -0.4 is 10.2 Å². The highest BCUT2D eigenvalue weighted by atomic mass is 32.2. The summed E-state index contributed by atoms with van der Waals surface area (Å²) in [5.74, 6) is 0. The number of para-hydroxylation sites is 1. The number of pyridine rings is 1. The zero-order valence-corrected chi connectivity index (χ0v) is 17.5. The first-order valence-electron chi connectivity index (χ1n) is 9.79. The molecular formula is C22H22N4O4S. The summed E-state index contributed by atoms with van der Waals surface area (Å²) < 4.78 is 28.0. The third kappa shape index (κ3) is 4.10. The zero-order valence-electron chi connectivity index (χ0n) is 16.7. The fourth-order valence-corrected chi connectivity index (χ4v) is 5.05. The van der Waals surface area contributed by atoms with Gasteiger partial charge in [0.05, 0.1) is 11.0 Å². The quantitative estimate of drug-likeness (QED) is 0.474. The van der Waals surface area contributed by atoms with Gasteiger partial charge < -0.3 is 15.3 Å². The van der Waals surface area contributed by atoms with Crippen LogP contribution in [0.1, 0.15) is 0 Å². The number of carboxylic acid groups (broad SMARTS) is 1. The Morgan fingerprint density at radius 1 is 1.00 bits per heavy atom. The van der Waals surface area contributed by atoms with Crippen LogP contribution >= 0.6 is 0 Å². The van der Waals surface area contributed by atoms with Crippen molar-refractivity contribution >= 4 is 44.0 Å². The number of aromatic nitrogens is 2. The molecule has 0 radical (unpaired) electrons. The molecule has 160 valence electrons. The van der Waals surface area contributed by atoms with E-state index in [0.29, 0.717) is 5.52 Å². The Morgan fingerprint density at radius 2 is 1.74 bits per heavy atom. The molecule has 0 saturated carbocycles. The molecule has 0 atom stereocenters. The van der Waals surface area contributed by atoms with Gasteiger partial charge in [-0.25, -0.2) is 12.4 Å². The van der Waals surface area contributed by atoms with E-state index in [1.54, 1.807) is 12.3 Å². The Labute approximate surface area is 179 Å². The highest BCUT2D eigenvalue weighted by Gasteiger charge is 2.21. The Bertz CT molecular complexity index is 1330. The van der Waals surface area contributed by atoms with Crippen LogP contribution in [0, 0.1) is 0 Å². The largest absolute Gasteiger partial charge is 0.483 e. The van der Waals surface area contributed by atoms with E-state index in [4.69, 9.17) is 9.90 Å². The lowest BCUT2D eigenvalue weighted by atomic mass is 10.2. The van der Waals surface area contributed by atoms with Crippen molar-refractivity contribution in [3.05, 3.63) is 67.0 Å². The molecule has 1 aliphatic heterocycles. The van der Waals surface area contributed by atoms with Crippen LogP contribution in [0.15, 0.2) is 71.9 Å². The van der Waals surface area contributed by atoms with Gasteiger partial charge in [-0.3, -0.25) is 9.78 Å². The van der Waals surface area contributed by atoms with Gasteiger partial charge in [-0.15, -0.1) is 0 Å². The minimum atomic E-state index is -3.74. The molecule has 9 heteroatoms. The lowest BCUT2D eigenvalue weighted by Gasteiger charge is -2.29. The highest BCUT2D eigenvalue weighted by Crippen LogP contribution is 2.27. The monoisotopic (exact) mass is 438 g/mol. The first-order valence-corrected chi connectivity index (χ1v) is 11.2. The maximum atomic E-state index is 13.3. The van der Waals surface area contributed by atoms with Gasteiger partial charge in [0.1, 0.15) is 4.90 Å². The first-order chi connectivity index (χ1) is 15.0. The van der Waals surface area contributed by atoms with Crippen LogP contribution in [0.3, 0.4) is 0 Å². The SMILES string of the molecule is O=CO.O=S(=O)(c1cnc2ccccc2c1)n1ccc2ccc(N3CCNCC3)cc21. The van der Waals surface area contributed by atoms with Crippen LogP contribution in [0.5, 0.6) is 0 Å². The lowest BCUT2D eigenvalue weighted by Crippen LogP contribution is -2.43. The molecule has 1 aliphatic rings. The second-order valence-electron chi connectivity index (χ2n) is 7.07. The summed E-state index contributed by atoms with van der Waals surface area (Å²) in [6.45, 7) is 3.43. The molecule has 2 N–H and O–H groups in total.